The van der Waals surface area contributed by atoms with Crippen LogP contribution in [-0.4, -0.2) is 42.1 Å². The lowest BCUT2D eigenvalue weighted by Gasteiger charge is -2.22. The number of hydrogen-bond donors (Lipinski definition) is 3. The summed E-state index contributed by atoms with van der Waals surface area (Å²) in [4.78, 5) is 35.6. The second kappa shape index (κ2) is 8.95. The standard InChI is InChI=1S/C20H22N2O5/c1-20(26,12-14-7-4-3-5-8-14)19(25)22-16-10-6-9-15(11-16)18(24)21-13-17(23)27-2/h3-11,26H,12-13H2,1-2H3,(H,21,24)(H,22,25)/t20-/m0/s1. The summed E-state index contributed by atoms with van der Waals surface area (Å²) >= 11 is 0. The van der Waals surface area contributed by atoms with Crippen LogP contribution in [-0.2, 0) is 20.7 Å². The van der Waals surface area contributed by atoms with Gasteiger partial charge in [0.05, 0.1) is 7.11 Å². The van der Waals surface area contributed by atoms with Crippen molar-refractivity contribution in [1.29, 1.82) is 0 Å². The number of amides is 2. The number of esters is 1. The molecule has 0 aliphatic carbocycles. The Labute approximate surface area is 157 Å². The zero-order valence-electron chi connectivity index (χ0n) is 15.2. The van der Waals surface area contributed by atoms with Gasteiger partial charge < -0.3 is 20.5 Å². The maximum absolute atomic E-state index is 12.5. The molecule has 2 amide bonds. The van der Waals surface area contributed by atoms with Crippen LogP contribution >= 0.6 is 0 Å². The summed E-state index contributed by atoms with van der Waals surface area (Å²) in [5.74, 6) is -1.63. The first-order valence-electron chi connectivity index (χ1n) is 8.34. The fourth-order valence-corrected chi connectivity index (χ4v) is 2.40. The molecule has 0 fully saturated rings. The first-order chi connectivity index (χ1) is 12.8. The first-order valence-corrected chi connectivity index (χ1v) is 8.34. The Balaban J connectivity index is 2.03. The van der Waals surface area contributed by atoms with E-state index in [1.165, 1.54) is 20.1 Å². The quantitative estimate of drug-likeness (QED) is 0.641. The molecule has 3 N–H and O–H groups in total. The van der Waals surface area contributed by atoms with Crippen LogP contribution < -0.4 is 10.6 Å². The molecule has 0 spiro atoms. The van der Waals surface area contributed by atoms with Gasteiger partial charge in [0.1, 0.15) is 12.1 Å². The van der Waals surface area contributed by atoms with Crippen molar-refractivity contribution in [2.45, 2.75) is 18.9 Å². The number of nitrogens with one attached hydrogen (secondary N) is 2. The highest BCUT2D eigenvalue weighted by atomic mass is 16.5. The van der Waals surface area contributed by atoms with Crippen LogP contribution in [0.15, 0.2) is 54.6 Å². The zero-order chi connectivity index (χ0) is 19.9. The Hall–Kier alpha value is -3.19. The Kier molecular flexibility index (Phi) is 6.67. The van der Waals surface area contributed by atoms with Crippen LogP contribution in [0.2, 0.25) is 0 Å². The highest BCUT2D eigenvalue weighted by molar-refractivity contribution is 6.00. The van der Waals surface area contributed by atoms with Gasteiger partial charge in [-0.2, -0.15) is 0 Å². The van der Waals surface area contributed by atoms with Crippen LogP contribution in [0.4, 0.5) is 5.69 Å². The van der Waals surface area contributed by atoms with Gasteiger partial charge >= 0.3 is 5.97 Å². The molecule has 0 aliphatic heterocycles. The molecule has 0 aromatic heterocycles. The summed E-state index contributed by atoms with van der Waals surface area (Å²) < 4.78 is 4.46. The Morgan fingerprint density at radius 1 is 1.07 bits per heavy atom. The third-order valence-electron chi connectivity index (χ3n) is 3.88. The minimum Gasteiger partial charge on any atom is -0.468 e. The van der Waals surface area contributed by atoms with Crippen LogP contribution in [0, 0.1) is 0 Å². The van der Waals surface area contributed by atoms with Crippen LogP contribution in [0.25, 0.3) is 0 Å². The molecule has 7 nitrogen and oxygen atoms in total. The van der Waals surface area contributed by atoms with Crippen molar-refractivity contribution in [3.8, 4) is 0 Å². The van der Waals surface area contributed by atoms with Gasteiger partial charge in [-0.15, -0.1) is 0 Å². The Morgan fingerprint density at radius 2 is 1.78 bits per heavy atom. The highest BCUT2D eigenvalue weighted by Crippen LogP contribution is 2.17. The summed E-state index contributed by atoms with van der Waals surface area (Å²) in [6.45, 7) is 1.18. The van der Waals surface area contributed by atoms with Gasteiger partial charge in [-0.3, -0.25) is 14.4 Å². The molecule has 27 heavy (non-hydrogen) atoms. The topological polar surface area (TPSA) is 105 Å². The number of carbonyl (C=O) groups is 3. The molecule has 1 atom stereocenters. The molecule has 0 aliphatic rings. The third-order valence-corrected chi connectivity index (χ3v) is 3.88. The van der Waals surface area contributed by atoms with Gasteiger partial charge in [0.25, 0.3) is 11.8 Å². The number of methoxy groups -OCH3 is 1. The molecule has 0 bridgehead atoms. The summed E-state index contributed by atoms with van der Waals surface area (Å²) in [5.41, 5.74) is -0.170. The number of ether oxygens (including phenoxy) is 1. The SMILES string of the molecule is COC(=O)CNC(=O)c1cccc(NC(=O)[C@@](C)(O)Cc2ccccc2)c1. The van der Waals surface area contributed by atoms with Crippen molar-refractivity contribution in [2.24, 2.45) is 0 Å². The molecule has 2 aromatic rings. The van der Waals surface area contributed by atoms with E-state index in [2.05, 4.69) is 15.4 Å². The number of aliphatic hydroxyl groups is 1. The van der Waals surface area contributed by atoms with E-state index in [0.717, 1.165) is 5.56 Å². The van der Waals surface area contributed by atoms with Crippen molar-refractivity contribution in [3.05, 3.63) is 65.7 Å². The molecule has 0 saturated carbocycles. The van der Waals surface area contributed by atoms with E-state index in [1.54, 1.807) is 18.2 Å². The lowest BCUT2D eigenvalue weighted by molar-refractivity contribution is -0.139. The number of benzene rings is 2. The van der Waals surface area contributed by atoms with Crippen molar-refractivity contribution in [3.63, 3.8) is 0 Å². The van der Waals surface area contributed by atoms with Crippen molar-refractivity contribution >= 4 is 23.5 Å². The predicted octanol–water partition coefficient (Wildman–Crippen LogP) is 1.52. The predicted molar refractivity (Wildman–Crippen MR) is 100 cm³/mol. The molecule has 0 radical (unpaired) electrons. The summed E-state index contributed by atoms with van der Waals surface area (Å²) in [7, 11) is 1.23. The van der Waals surface area contributed by atoms with Crippen molar-refractivity contribution in [1.82, 2.24) is 5.32 Å². The minimum absolute atomic E-state index is 0.152. The molecule has 0 heterocycles. The van der Waals surface area contributed by atoms with Gasteiger partial charge in [-0.25, -0.2) is 0 Å². The fraction of sp³-hybridized carbons (Fsp3) is 0.250. The molecule has 2 aromatic carbocycles. The van der Waals surface area contributed by atoms with E-state index in [9.17, 15) is 19.5 Å². The number of anilines is 1. The molecular formula is C20H22N2O5. The summed E-state index contributed by atoms with van der Waals surface area (Å²) in [6, 6.07) is 15.4. The lowest BCUT2D eigenvalue weighted by Crippen LogP contribution is -2.42. The van der Waals surface area contributed by atoms with Gasteiger partial charge in [-0.1, -0.05) is 36.4 Å². The second-order valence-corrected chi connectivity index (χ2v) is 6.23. The van der Waals surface area contributed by atoms with Gasteiger partial charge in [0.15, 0.2) is 0 Å². The largest absolute Gasteiger partial charge is 0.468 e. The van der Waals surface area contributed by atoms with Gasteiger partial charge in [0, 0.05) is 17.7 Å². The van der Waals surface area contributed by atoms with Crippen LogP contribution in [0.5, 0.6) is 0 Å². The van der Waals surface area contributed by atoms with Gasteiger partial charge in [0.2, 0.25) is 0 Å². The monoisotopic (exact) mass is 370 g/mol. The maximum Gasteiger partial charge on any atom is 0.325 e. The average molecular weight is 370 g/mol. The van der Waals surface area contributed by atoms with Crippen molar-refractivity contribution in [2.75, 3.05) is 19.0 Å². The van der Waals surface area contributed by atoms with Crippen molar-refractivity contribution < 1.29 is 24.2 Å². The molecule has 0 unspecified atom stereocenters. The van der Waals surface area contributed by atoms with E-state index >= 15 is 0 Å². The van der Waals surface area contributed by atoms with E-state index in [4.69, 9.17) is 0 Å². The lowest BCUT2D eigenvalue weighted by atomic mass is 9.95. The highest BCUT2D eigenvalue weighted by Gasteiger charge is 2.30. The molecule has 7 heteroatoms. The average Bonchev–Trinajstić information content (AvgIpc) is 2.66. The van der Waals surface area contributed by atoms with Crippen LogP contribution in [0.3, 0.4) is 0 Å². The second-order valence-electron chi connectivity index (χ2n) is 6.23. The third kappa shape index (κ3) is 5.93. The van der Waals surface area contributed by atoms with E-state index < -0.39 is 23.4 Å². The van der Waals surface area contributed by atoms with E-state index in [1.807, 2.05) is 30.3 Å². The Bertz CT molecular complexity index is 818. The van der Waals surface area contributed by atoms with E-state index in [0.29, 0.717) is 5.69 Å². The summed E-state index contributed by atoms with van der Waals surface area (Å²) in [5, 5.41) is 15.5. The smallest absolute Gasteiger partial charge is 0.325 e. The molecule has 142 valence electrons. The molecule has 0 saturated heterocycles. The number of hydrogen-bond acceptors (Lipinski definition) is 5. The fourth-order valence-electron chi connectivity index (χ4n) is 2.40. The molecular weight excluding hydrogens is 348 g/mol. The van der Waals surface area contributed by atoms with E-state index in [-0.39, 0.29) is 18.5 Å². The van der Waals surface area contributed by atoms with Gasteiger partial charge in [-0.05, 0) is 30.7 Å². The number of carbonyl (C=O) groups excluding carboxylic acids is 3. The zero-order valence-corrected chi connectivity index (χ0v) is 15.2. The maximum atomic E-state index is 12.5. The summed E-state index contributed by atoms with van der Waals surface area (Å²) in [6.07, 6.45) is 0.152. The number of rotatable bonds is 7. The van der Waals surface area contributed by atoms with Crippen LogP contribution in [0.1, 0.15) is 22.8 Å². The molecule has 2 rings (SSSR count). The Morgan fingerprint density at radius 3 is 2.44 bits per heavy atom. The first kappa shape index (κ1) is 20.1. The normalized spacial score (nSPS) is 12.6. The minimum atomic E-state index is -1.62.